The highest BCUT2D eigenvalue weighted by atomic mass is 19.1. The van der Waals surface area contributed by atoms with E-state index in [9.17, 15) is 14.3 Å². The van der Waals surface area contributed by atoms with Crippen LogP contribution in [0.15, 0.2) is 42.6 Å². The van der Waals surface area contributed by atoms with Crippen LogP contribution < -0.4 is 9.47 Å². The number of rotatable bonds is 11. The summed E-state index contributed by atoms with van der Waals surface area (Å²) in [5.74, 6) is 1.12. The van der Waals surface area contributed by atoms with Gasteiger partial charge in [-0.25, -0.2) is 9.24 Å². The van der Waals surface area contributed by atoms with Gasteiger partial charge in [0.2, 0.25) is 5.69 Å². The van der Waals surface area contributed by atoms with Gasteiger partial charge in [0.05, 0.1) is 12.1 Å². The number of benzene rings is 2. The molecule has 7 nitrogen and oxygen atoms in total. The fourth-order valence-electron chi connectivity index (χ4n) is 4.90. The van der Waals surface area contributed by atoms with Crippen LogP contribution in [0.2, 0.25) is 0 Å². The second-order valence-corrected chi connectivity index (χ2v) is 10.3. The average Bonchev–Trinajstić information content (AvgIpc) is 3.73. The molecule has 0 spiro atoms. The van der Waals surface area contributed by atoms with Crippen molar-refractivity contribution in [2.75, 3.05) is 26.2 Å². The van der Waals surface area contributed by atoms with Gasteiger partial charge in [-0.15, -0.1) is 0 Å². The molecule has 3 aromatic rings. The summed E-state index contributed by atoms with van der Waals surface area (Å²) in [5, 5.41) is 11.0. The van der Waals surface area contributed by atoms with Crippen molar-refractivity contribution < 1.29 is 23.8 Å². The molecule has 2 heterocycles. The van der Waals surface area contributed by atoms with E-state index in [1.807, 2.05) is 0 Å². The van der Waals surface area contributed by atoms with Gasteiger partial charge in [-0.05, 0) is 74.5 Å². The number of halogens is 1. The van der Waals surface area contributed by atoms with Crippen LogP contribution in [-0.4, -0.2) is 53.1 Å². The van der Waals surface area contributed by atoms with Crippen LogP contribution in [0.3, 0.4) is 0 Å². The van der Waals surface area contributed by atoms with E-state index in [0.29, 0.717) is 52.6 Å². The smallest absolute Gasteiger partial charge is 0.229 e. The summed E-state index contributed by atoms with van der Waals surface area (Å²) in [4.78, 5) is 22.4. The summed E-state index contributed by atoms with van der Waals surface area (Å²) in [7, 11) is 0. The van der Waals surface area contributed by atoms with Crippen LogP contribution in [0, 0.1) is 18.3 Å². The van der Waals surface area contributed by atoms with E-state index in [0.717, 1.165) is 38.8 Å². The molecule has 2 fully saturated rings. The zero-order valence-electron chi connectivity index (χ0n) is 21.4. The normalized spacial score (nSPS) is 16.7. The standard InChI is InChI=1S/C30H32FN3O4/c1-32-28-16-25-27(17-30(28)37-19-23(36)18-34-11-3-2-4-12-34)33-10-9-29(25)38-24-8-7-21(26(31)15-24)14-22(35)13-20-5-6-20/h7-10,15-17,20,23,36H,2-6,11-14,18-19H2/t23-/m1/s1. The number of carbonyl (C=O) groups is 1. The number of ether oxygens (including phenoxy) is 2. The van der Waals surface area contributed by atoms with E-state index in [2.05, 4.69) is 14.7 Å². The third-order valence-corrected chi connectivity index (χ3v) is 7.10. The van der Waals surface area contributed by atoms with E-state index in [4.69, 9.17) is 16.0 Å². The van der Waals surface area contributed by atoms with Gasteiger partial charge in [-0.1, -0.05) is 12.5 Å². The number of likely N-dealkylation sites (tertiary alicyclic amines) is 1. The monoisotopic (exact) mass is 517 g/mol. The van der Waals surface area contributed by atoms with Gasteiger partial charge < -0.3 is 19.5 Å². The topological polar surface area (TPSA) is 76.2 Å². The third kappa shape index (κ3) is 6.66. The first kappa shape index (κ1) is 26.1. The molecule has 8 heteroatoms. The van der Waals surface area contributed by atoms with Gasteiger partial charge in [0, 0.05) is 37.0 Å². The summed E-state index contributed by atoms with van der Waals surface area (Å²) >= 11 is 0. The Morgan fingerprint density at radius 3 is 2.71 bits per heavy atom. The quantitative estimate of drug-likeness (QED) is 0.322. The maximum Gasteiger partial charge on any atom is 0.229 e. The fraction of sp³-hybridized carbons (Fsp3) is 0.433. The van der Waals surface area contributed by atoms with E-state index >= 15 is 0 Å². The van der Waals surface area contributed by atoms with Crippen molar-refractivity contribution in [3.05, 3.63) is 65.4 Å². The maximum absolute atomic E-state index is 14.7. The summed E-state index contributed by atoms with van der Waals surface area (Å²) in [6.07, 6.45) is 7.22. The lowest BCUT2D eigenvalue weighted by atomic mass is 10.0. The Kier molecular flexibility index (Phi) is 8.16. The molecule has 2 aromatic carbocycles. The Bertz CT molecular complexity index is 1350. The predicted molar refractivity (Wildman–Crippen MR) is 142 cm³/mol. The fourth-order valence-corrected chi connectivity index (χ4v) is 4.90. The highest BCUT2D eigenvalue weighted by Crippen LogP contribution is 2.38. The third-order valence-electron chi connectivity index (χ3n) is 7.10. The summed E-state index contributed by atoms with van der Waals surface area (Å²) in [5.41, 5.74) is 1.19. The maximum atomic E-state index is 14.7. The van der Waals surface area contributed by atoms with E-state index in [1.165, 1.54) is 12.5 Å². The molecule has 0 bridgehead atoms. The lowest BCUT2D eigenvalue weighted by Gasteiger charge is -2.28. The molecule has 1 N–H and O–H groups in total. The van der Waals surface area contributed by atoms with Crippen molar-refractivity contribution in [3.63, 3.8) is 0 Å². The number of nitrogens with zero attached hydrogens (tertiary/aromatic N) is 3. The zero-order valence-corrected chi connectivity index (χ0v) is 21.4. The molecule has 1 aromatic heterocycles. The number of aliphatic hydroxyl groups excluding tert-OH is 1. The van der Waals surface area contributed by atoms with Gasteiger partial charge in [0.25, 0.3) is 0 Å². The Hall–Kier alpha value is -3.54. The summed E-state index contributed by atoms with van der Waals surface area (Å²) in [6.45, 7) is 10.2. The number of aromatic nitrogens is 1. The molecule has 1 atom stereocenters. The van der Waals surface area contributed by atoms with Crippen molar-refractivity contribution in [1.29, 1.82) is 0 Å². The van der Waals surface area contributed by atoms with Crippen molar-refractivity contribution in [1.82, 2.24) is 9.88 Å². The Morgan fingerprint density at radius 1 is 1.16 bits per heavy atom. The minimum atomic E-state index is -0.660. The van der Waals surface area contributed by atoms with Crippen LogP contribution in [0.25, 0.3) is 15.7 Å². The first-order valence-corrected chi connectivity index (χ1v) is 13.3. The highest BCUT2D eigenvalue weighted by molar-refractivity contribution is 5.91. The minimum absolute atomic E-state index is 0.0592. The molecule has 1 saturated heterocycles. The van der Waals surface area contributed by atoms with Crippen LogP contribution in [-0.2, 0) is 11.2 Å². The molecule has 198 valence electrons. The number of β-amino-alcohol motifs (C(OH)–C–C–N with tert-alkyl or cyclic N) is 1. The van der Waals surface area contributed by atoms with Gasteiger partial charge >= 0.3 is 0 Å². The number of ketones is 1. The number of aliphatic hydroxyl groups is 1. The second kappa shape index (κ2) is 11.9. The lowest BCUT2D eigenvalue weighted by Crippen LogP contribution is -2.38. The molecule has 5 rings (SSSR count). The zero-order chi connectivity index (χ0) is 26.5. The van der Waals surface area contributed by atoms with Gasteiger partial charge in [0.15, 0.2) is 0 Å². The van der Waals surface area contributed by atoms with Crippen LogP contribution in [0.4, 0.5) is 10.1 Å². The minimum Gasteiger partial charge on any atom is -0.502 e. The Balaban J connectivity index is 1.28. The number of fused-ring (bicyclic) bond motifs is 1. The average molecular weight is 518 g/mol. The molecule has 1 aliphatic carbocycles. The van der Waals surface area contributed by atoms with Crippen LogP contribution in [0.1, 0.15) is 44.1 Å². The van der Waals surface area contributed by atoms with E-state index in [-0.39, 0.29) is 24.5 Å². The van der Waals surface area contributed by atoms with Crippen molar-refractivity contribution in [2.24, 2.45) is 5.92 Å². The number of hydrogen-bond acceptors (Lipinski definition) is 6. The largest absolute Gasteiger partial charge is 0.502 e. The molecular formula is C30H32FN3O4. The van der Waals surface area contributed by atoms with E-state index < -0.39 is 11.9 Å². The summed E-state index contributed by atoms with van der Waals surface area (Å²) < 4.78 is 26.5. The molecule has 0 unspecified atom stereocenters. The number of pyridine rings is 1. The lowest BCUT2D eigenvalue weighted by molar-refractivity contribution is -0.118. The molecule has 2 aliphatic rings. The summed E-state index contributed by atoms with van der Waals surface area (Å²) in [6, 6.07) is 9.47. The Labute approximate surface area is 222 Å². The van der Waals surface area contributed by atoms with Crippen LogP contribution in [0.5, 0.6) is 17.2 Å². The molecule has 0 amide bonds. The SMILES string of the molecule is [C-]#[N+]c1cc2c(Oc3ccc(CC(=O)CC4CC4)c(F)c3)ccnc2cc1OC[C@H](O)CN1CCCCC1. The molecule has 1 aliphatic heterocycles. The van der Waals surface area contributed by atoms with Crippen molar-refractivity contribution >= 4 is 22.4 Å². The second-order valence-electron chi connectivity index (χ2n) is 10.3. The predicted octanol–water partition coefficient (Wildman–Crippen LogP) is 5.85. The Morgan fingerprint density at radius 2 is 1.97 bits per heavy atom. The number of piperidine rings is 1. The molecule has 38 heavy (non-hydrogen) atoms. The van der Waals surface area contributed by atoms with Gasteiger partial charge in [-0.2, -0.15) is 0 Å². The number of hydrogen-bond donors (Lipinski definition) is 1. The van der Waals surface area contributed by atoms with Crippen molar-refractivity contribution in [3.8, 4) is 17.2 Å². The van der Waals surface area contributed by atoms with Gasteiger partial charge in [-0.3, -0.25) is 9.78 Å². The molecular weight excluding hydrogens is 485 g/mol. The van der Waals surface area contributed by atoms with Gasteiger partial charge in [0.1, 0.15) is 41.6 Å². The first-order chi connectivity index (χ1) is 18.5. The number of Topliss-reactive ketones (excluding diaryl/α,β-unsaturated/α-hetero) is 1. The molecule has 0 radical (unpaired) electrons. The van der Waals surface area contributed by atoms with Crippen LogP contribution >= 0.6 is 0 Å². The molecule has 1 saturated carbocycles. The van der Waals surface area contributed by atoms with E-state index in [1.54, 1.807) is 36.5 Å². The highest BCUT2D eigenvalue weighted by Gasteiger charge is 2.25. The van der Waals surface area contributed by atoms with Crippen molar-refractivity contribution in [2.45, 2.75) is 51.0 Å². The number of carbonyl (C=O) groups excluding carboxylic acids is 1. The first-order valence-electron chi connectivity index (χ1n) is 13.3.